The smallest absolute Gasteiger partial charge is 0.408 e. The van der Waals surface area contributed by atoms with Gasteiger partial charge in [-0.05, 0) is 45.4 Å². The van der Waals surface area contributed by atoms with E-state index in [1.807, 2.05) is 18.2 Å². The van der Waals surface area contributed by atoms with Crippen molar-refractivity contribution in [2.75, 3.05) is 11.9 Å². The van der Waals surface area contributed by atoms with Crippen LogP contribution in [0.15, 0.2) is 27.4 Å². The van der Waals surface area contributed by atoms with Gasteiger partial charge in [0.15, 0.2) is 5.58 Å². The number of fused-ring (bicyclic) bond motifs is 1. The van der Waals surface area contributed by atoms with Gasteiger partial charge in [-0.25, -0.2) is 4.79 Å². The predicted octanol–water partition coefficient (Wildman–Crippen LogP) is 2.06. The summed E-state index contributed by atoms with van der Waals surface area (Å²) in [6, 6.07) is 6.17. The van der Waals surface area contributed by atoms with Crippen LogP contribution < -0.4 is 16.4 Å². The van der Waals surface area contributed by atoms with E-state index in [0.29, 0.717) is 11.6 Å². The summed E-state index contributed by atoms with van der Waals surface area (Å²) in [5.41, 5.74) is 2.50. The summed E-state index contributed by atoms with van der Waals surface area (Å²) >= 11 is 0. The van der Waals surface area contributed by atoms with Crippen LogP contribution in [0.3, 0.4) is 0 Å². The van der Waals surface area contributed by atoms with Crippen LogP contribution in [0.2, 0.25) is 0 Å². The molecule has 1 atom stereocenters. The molecule has 0 radical (unpaired) electrons. The van der Waals surface area contributed by atoms with Crippen LogP contribution in [0, 0.1) is 0 Å². The van der Waals surface area contributed by atoms with Gasteiger partial charge in [0.2, 0.25) is 0 Å². The predicted molar refractivity (Wildman–Crippen MR) is 75.6 cm³/mol. The Bertz CT molecular complexity index is 641. The van der Waals surface area contributed by atoms with Crippen LogP contribution in [-0.4, -0.2) is 23.1 Å². The second kappa shape index (κ2) is 4.42. The van der Waals surface area contributed by atoms with Gasteiger partial charge < -0.3 is 15.1 Å². The van der Waals surface area contributed by atoms with Crippen molar-refractivity contribution in [1.82, 2.24) is 10.3 Å². The first kappa shape index (κ1) is 12.3. The molecule has 1 fully saturated rings. The van der Waals surface area contributed by atoms with Crippen LogP contribution in [0.1, 0.15) is 26.7 Å². The van der Waals surface area contributed by atoms with Crippen molar-refractivity contribution < 1.29 is 4.42 Å². The standard InChI is InChI=1S/C14H19N3O2/c1-14(2)8-10(5-6-15-14)16-9-3-4-11-12(7-9)19-13(18)17-11/h3-4,7,10,15-16H,5-6,8H2,1-2H3,(H,17,18). The minimum absolute atomic E-state index is 0.167. The third-order valence-corrected chi connectivity index (χ3v) is 3.64. The maximum Gasteiger partial charge on any atom is 0.417 e. The fourth-order valence-corrected chi connectivity index (χ4v) is 2.77. The van der Waals surface area contributed by atoms with E-state index in [9.17, 15) is 4.79 Å². The number of nitrogens with one attached hydrogen (secondary N) is 3. The molecule has 102 valence electrons. The molecule has 1 unspecified atom stereocenters. The molecule has 3 N–H and O–H groups in total. The number of aromatic nitrogens is 1. The van der Waals surface area contributed by atoms with E-state index in [0.717, 1.165) is 30.6 Å². The van der Waals surface area contributed by atoms with Crippen LogP contribution in [0.25, 0.3) is 11.1 Å². The van der Waals surface area contributed by atoms with Crippen LogP contribution >= 0.6 is 0 Å². The molecular weight excluding hydrogens is 242 g/mol. The third-order valence-electron chi connectivity index (χ3n) is 3.64. The molecule has 0 spiro atoms. The van der Waals surface area contributed by atoms with E-state index in [2.05, 4.69) is 29.5 Å². The quantitative estimate of drug-likeness (QED) is 0.774. The summed E-state index contributed by atoms with van der Waals surface area (Å²) in [5.74, 6) is -0.407. The molecule has 0 bridgehead atoms. The third kappa shape index (κ3) is 2.66. The van der Waals surface area contributed by atoms with Gasteiger partial charge in [0.25, 0.3) is 0 Å². The van der Waals surface area contributed by atoms with Gasteiger partial charge >= 0.3 is 5.76 Å². The van der Waals surface area contributed by atoms with Gasteiger partial charge in [-0.3, -0.25) is 4.98 Å². The minimum Gasteiger partial charge on any atom is -0.408 e. The summed E-state index contributed by atoms with van der Waals surface area (Å²) in [7, 11) is 0. The lowest BCUT2D eigenvalue weighted by Crippen LogP contribution is -2.49. The number of aromatic amines is 1. The van der Waals surface area contributed by atoms with E-state index in [4.69, 9.17) is 4.42 Å². The van der Waals surface area contributed by atoms with Gasteiger partial charge in [-0.1, -0.05) is 0 Å². The second-order valence-electron chi connectivity index (χ2n) is 5.87. The molecule has 3 rings (SSSR count). The molecule has 0 aliphatic carbocycles. The summed E-state index contributed by atoms with van der Waals surface area (Å²) in [4.78, 5) is 13.8. The Morgan fingerprint density at radius 1 is 1.42 bits per heavy atom. The molecule has 5 nitrogen and oxygen atoms in total. The SMILES string of the molecule is CC1(C)CC(Nc2ccc3[nH]c(=O)oc3c2)CCN1. The molecule has 2 heterocycles. The molecule has 1 aliphatic rings. The molecule has 0 saturated carbocycles. The lowest BCUT2D eigenvalue weighted by Gasteiger charge is -2.37. The Balaban J connectivity index is 1.79. The Labute approximate surface area is 111 Å². The Kier molecular flexibility index (Phi) is 2.86. The Hall–Kier alpha value is -1.75. The highest BCUT2D eigenvalue weighted by molar-refractivity contribution is 5.76. The minimum atomic E-state index is -0.407. The van der Waals surface area contributed by atoms with E-state index in [-0.39, 0.29) is 5.54 Å². The first-order chi connectivity index (χ1) is 9.02. The van der Waals surface area contributed by atoms with Gasteiger partial charge in [0, 0.05) is 23.3 Å². The van der Waals surface area contributed by atoms with Crippen molar-refractivity contribution in [2.24, 2.45) is 0 Å². The maximum absolute atomic E-state index is 11.1. The van der Waals surface area contributed by atoms with E-state index in [1.54, 1.807) is 0 Å². The first-order valence-corrected chi connectivity index (χ1v) is 6.66. The van der Waals surface area contributed by atoms with Gasteiger partial charge in [-0.2, -0.15) is 0 Å². The zero-order valence-corrected chi connectivity index (χ0v) is 11.2. The van der Waals surface area contributed by atoms with E-state index < -0.39 is 5.76 Å². The molecule has 19 heavy (non-hydrogen) atoms. The highest BCUT2D eigenvalue weighted by atomic mass is 16.4. The highest BCUT2D eigenvalue weighted by Gasteiger charge is 2.27. The first-order valence-electron chi connectivity index (χ1n) is 6.66. The van der Waals surface area contributed by atoms with Crippen molar-refractivity contribution in [2.45, 2.75) is 38.3 Å². The monoisotopic (exact) mass is 261 g/mol. The number of rotatable bonds is 2. The molecule has 5 heteroatoms. The van der Waals surface area contributed by atoms with E-state index in [1.165, 1.54) is 0 Å². The zero-order chi connectivity index (χ0) is 13.5. The lowest BCUT2D eigenvalue weighted by molar-refractivity contribution is 0.286. The normalized spacial score (nSPS) is 22.5. The van der Waals surface area contributed by atoms with Crippen LogP contribution in [0.5, 0.6) is 0 Å². The number of benzene rings is 1. The fraction of sp³-hybridized carbons (Fsp3) is 0.500. The number of piperidine rings is 1. The number of hydrogen-bond acceptors (Lipinski definition) is 4. The van der Waals surface area contributed by atoms with Crippen molar-refractivity contribution in [3.05, 3.63) is 28.7 Å². The largest absolute Gasteiger partial charge is 0.417 e. The fourth-order valence-electron chi connectivity index (χ4n) is 2.77. The van der Waals surface area contributed by atoms with Gasteiger partial charge in [0.1, 0.15) is 0 Å². The van der Waals surface area contributed by atoms with Crippen molar-refractivity contribution in [3.8, 4) is 0 Å². The van der Waals surface area contributed by atoms with Gasteiger partial charge in [-0.15, -0.1) is 0 Å². The topological polar surface area (TPSA) is 70.1 Å². The Morgan fingerprint density at radius 3 is 3.05 bits per heavy atom. The summed E-state index contributed by atoms with van der Waals surface area (Å²) in [6.45, 7) is 5.45. The van der Waals surface area contributed by atoms with Crippen LogP contribution in [0.4, 0.5) is 5.69 Å². The molecule has 1 aliphatic heterocycles. The van der Waals surface area contributed by atoms with Crippen LogP contribution in [-0.2, 0) is 0 Å². The van der Waals surface area contributed by atoms with Crippen molar-refractivity contribution in [1.29, 1.82) is 0 Å². The molecule has 1 aromatic carbocycles. The summed E-state index contributed by atoms with van der Waals surface area (Å²) < 4.78 is 5.08. The summed E-state index contributed by atoms with van der Waals surface area (Å²) in [6.07, 6.45) is 2.17. The maximum atomic E-state index is 11.1. The molecule has 2 aromatic rings. The molecule has 1 saturated heterocycles. The number of oxazole rings is 1. The molecule has 0 amide bonds. The summed E-state index contributed by atoms with van der Waals surface area (Å²) in [5, 5.41) is 7.02. The van der Waals surface area contributed by atoms with Crippen molar-refractivity contribution >= 4 is 16.8 Å². The Morgan fingerprint density at radius 2 is 2.26 bits per heavy atom. The molecule has 1 aromatic heterocycles. The highest BCUT2D eigenvalue weighted by Crippen LogP contribution is 2.23. The average molecular weight is 261 g/mol. The van der Waals surface area contributed by atoms with Crippen molar-refractivity contribution in [3.63, 3.8) is 0 Å². The number of anilines is 1. The number of H-pyrrole nitrogens is 1. The number of hydrogen-bond donors (Lipinski definition) is 3. The zero-order valence-electron chi connectivity index (χ0n) is 11.2. The second-order valence-corrected chi connectivity index (χ2v) is 5.87. The lowest BCUT2D eigenvalue weighted by atomic mass is 9.89. The molecular formula is C14H19N3O2. The van der Waals surface area contributed by atoms with E-state index >= 15 is 0 Å². The van der Waals surface area contributed by atoms with Gasteiger partial charge in [0.05, 0.1) is 5.52 Å². The average Bonchev–Trinajstić information content (AvgIpc) is 2.67.